The van der Waals surface area contributed by atoms with Crippen LogP contribution in [0.5, 0.6) is 0 Å². The number of nitrogens with zero attached hydrogens (tertiary/aromatic N) is 2. The number of benzene rings is 1. The molecule has 1 heterocycles. The van der Waals surface area contributed by atoms with Gasteiger partial charge in [0.05, 0.1) is 12.0 Å². The number of aryl methyl sites for hydroxylation is 1. The van der Waals surface area contributed by atoms with Crippen molar-refractivity contribution in [1.82, 2.24) is 14.9 Å². The maximum atomic E-state index is 11.9. The lowest BCUT2D eigenvalue weighted by molar-refractivity contribution is -0.121. The van der Waals surface area contributed by atoms with Gasteiger partial charge in [-0.1, -0.05) is 0 Å². The Labute approximate surface area is 142 Å². The van der Waals surface area contributed by atoms with Crippen molar-refractivity contribution in [1.29, 1.82) is 0 Å². The van der Waals surface area contributed by atoms with Gasteiger partial charge in [0, 0.05) is 37.0 Å². The largest absolute Gasteiger partial charge is 0.359 e. The number of imidazole rings is 1. The van der Waals surface area contributed by atoms with Gasteiger partial charge in [0.2, 0.25) is 11.8 Å². The average molecular weight is 328 g/mol. The summed E-state index contributed by atoms with van der Waals surface area (Å²) >= 11 is 0. The van der Waals surface area contributed by atoms with E-state index in [0.29, 0.717) is 25.7 Å². The second-order valence-corrected chi connectivity index (χ2v) is 5.76. The maximum Gasteiger partial charge on any atom is 0.224 e. The van der Waals surface area contributed by atoms with Gasteiger partial charge in [-0.3, -0.25) is 9.59 Å². The van der Waals surface area contributed by atoms with Crippen LogP contribution in [-0.4, -0.2) is 28.4 Å². The smallest absolute Gasteiger partial charge is 0.224 e. The molecule has 2 N–H and O–H groups in total. The molecule has 0 aliphatic rings. The minimum atomic E-state index is -0.0330. The quantitative estimate of drug-likeness (QED) is 0.767. The van der Waals surface area contributed by atoms with Gasteiger partial charge in [-0.15, -0.1) is 0 Å². The molecule has 128 valence electrons. The number of anilines is 1. The molecule has 0 atom stereocenters. The molecule has 1 aromatic heterocycles. The Hall–Kier alpha value is -2.63. The number of aromatic nitrogens is 2. The van der Waals surface area contributed by atoms with E-state index in [2.05, 4.69) is 15.6 Å². The first kappa shape index (κ1) is 17.7. The van der Waals surface area contributed by atoms with E-state index in [1.807, 2.05) is 42.7 Å². The van der Waals surface area contributed by atoms with Crippen LogP contribution in [0.3, 0.4) is 0 Å². The summed E-state index contributed by atoms with van der Waals surface area (Å²) in [5.74, 6) is -0.0228. The number of hydrogen-bond donors (Lipinski definition) is 2. The number of carbonyl (C=O) groups excluding carboxylic acids is 2. The van der Waals surface area contributed by atoms with E-state index in [1.165, 1.54) is 0 Å². The monoisotopic (exact) mass is 328 g/mol. The third kappa shape index (κ3) is 4.68. The van der Waals surface area contributed by atoms with E-state index >= 15 is 0 Å². The molecule has 2 aromatic rings. The highest BCUT2D eigenvalue weighted by atomic mass is 16.2. The molecule has 0 radical (unpaired) electrons. The molecule has 2 amide bonds. The number of hydrogen-bond acceptors (Lipinski definition) is 3. The van der Waals surface area contributed by atoms with Crippen molar-refractivity contribution in [2.24, 2.45) is 0 Å². The normalized spacial score (nSPS) is 10.5. The molecular weight excluding hydrogens is 304 g/mol. The fourth-order valence-electron chi connectivity index (χ4n) is 2.38. The van der Waals surface area contributed by atoms with Gasteiger partial charge in [0.25, 0.3) is 0 Å². The van der Waals surface area contributed by atoms with Crippen LogP contribution in [0, 0.1) is 13.8 Å². The third-order valence-corrected chi connectivity index (χ3v) is 4.02. The fourth-order valence-corrected chi connectivity index (χ4v) is 2.38. The van der Waals surface area contributed by atoms with Crippen LogP contribution in [0.2, 0.25) is 0 Å². The van der Waals surface area contributed by atoms with Crippen molar-refractivity contribution in [3.63, 3.8) is 0 Å². The summed E-state index contributed by atoms with van der Waals surface area (Å²) in [5.41, 5.74) is 3.88. The van der Waals surface area contributed by atoms with E-state index < -0.39 is 0 Å². The van der Waals surface area contributed by atoms with Crippen LogP contribution in [0.1, 0.15) is 37.1 Å². The molecule has 24 heavy (non-hydrogen) atoms. The van der Waals surface area contributed by atoms with E-state index in [9.17, 15) is 9.59 Å². The Morgan fingerprint density at radius 1 is 1.04 bits per heavy atom. The second-order valence-electron chi connectivity index (χ2n) is 5.76. The van der Waals surface area contributed by atoms with Crippen LogP contribution in [0.25, 0.3) is 5.69 Å². The van der Waals surface area contributed by atoms with Gasteiger partial charge in [-0.25, -0.2) is 4.98 Å². The zero-order valence-electron chi connectivity index (χ0n) is 14.4. The molecule has 0 spiro atoms. The molecule has 0 saturated carbocycles. The maximum absolute atomic E-state index is 11.9. The first-order valence-corrected chi connectivity index (χ1v) is 8.12. The van der Waals surface area contributed by atoms with Gasteiger partial charge in [0.1, 0.15) is 0 Å². The predicted octanol–water partition coefficient (Wildman–Crippen LogP) is 2.73. The Bertz CT molecular complexity index is 704. The molecule has 1 aromatic carbocycles. The van der Waals surface area contributed by atoms with E-state index in [-0.39, 0.29) is 11.8 Å². The fraction of sp³-hybridized carbons (Fsp3) is 0.389. The van der Waals surface area contributed by atoms with E-state index in [1.54, 1.807) is 13.4 Å². The Morgan fingerprint density at radius 3 is 2.21 bits per heavy atom. The minimum Gasteiger partial charge on any atom is -0.359 e. The van der Waals surface area contributed by atoms with E-state index in [4.69, 9.17) is 0 Å². The molecule has 0 aliphatic carbocycles. The number of unbranched alkanes of at least 4 members (excludes halogenated alkanes) is 1. The number of amides is 2. The third-order valence-electron chi connectivity index (χ3n) is 4.02. The van der Waals surface area contributed by atoms with Crippen molar-refractivity contribution in [3.8, 4) is 5.69 Å². The van der Waals surface area contributed by atoms with Gasteiger partial charge in [-0.05, 0) is 51.0 Å². The highest BCUT2D eigenvalue weighted by Crippen LogP contribution is 2.17. The summed E-state index contributed by atoms with van der Waals surface area (Å²) in [6.45, 7) is 4.00. The SMILES string of the molecule is CNC(=O)CCCCC(=O)Nc1ccc(-n2cnc(C)c2C)cc1. The van der Waals surface area contributed by atoms with Crippen molar-refractivity contribution in [2.45, 2.75) is 39.5 Å². The summed E-state index contributed by atoms with van der Waals surface area (Å²) in [6, 6.07) is 7.67. The molecule has 2 rings (SSSR count). The van der Waals surface area contributed by atoms with Gasteiger partial charge in [-0.2, -0.15) is 0 Å². The van der Waals surface area contributed by atoms with Crippen LogP contribution in [-0.2, 0) is 9.59 Å². The average Bonchev–Trinajstić information content (AvgIpc) is 2.91. The van der Waals surface area contributed by atoms with Crippen LogP contribution in [0.15, 0.2) is 30.6 Å². The summed E-state index contributed by atoms with van der Waals surface area (Å²) in [5, 5.41) is 5.45. The molecular formula is C18H24N4O2. The molecule has 0 aliphatic heterocycles. The number of carbonyl (C=O) groups is 2. The van der Waals surface area contributed by atoms with E-state index in [0.717, 1.165) is 22.8 Å². The molecule has 6 heteroatoms. The Kier molecular flexibility index (Phi) is 6.12. The number of nitrogens with one attached hydrogen (secondary N) is 2. The van der Waals surface area contributed by atoms with Gasteiger partial charge < -0.3 is 15.2 Å². The lowest BCUT2D eigenvalue weighted by Crippen LogP contribution is -2.17. The summed E-state index contributed by atoms with van der Waals surface area (Å²) in [6.07, 6.45) is 4.08. The molecule has 0 bridgehead atoms. The minimum absolute atomic E-state index is 0.0102. The Balaban J connectivity index is 1.84. The van der Waals surface area contributed by atoms with Gasteiger partial charge in [0.15, 0.2) is 0 Å². The molecule has 0 fully saturated rings. The van der Waals surface area contributed by atoms with Crippen LogP contribution >= 0.6 is 0 Å². The summed E-state index contributed by atoms with van der Waals surface area (Å²) in [4.78, 5) is 27.3. The predicted molar refractivity (Wildman–Crippen MR) is 94.2 cm³/mol. The van der Waals surface area contributed by atoms with Crippen LogP contribution < -0.4 is 10.6 Å². The summed E-state index contributed by atoms with van der Waals surface area (Å²) < 4.78 is 2.01. The highest BCUT2D eigenvalue weighted by molar-refractivity contribution is 5.90. The highest BCUT2D eigenvalue weighted by Gasteiger charge is 2.06. The first-order chi connectivity index (χ1) is 11.5. The van der Waals surface area contributed by atoms with Crippen LogP contribution in [0.4, 0.5) is 5.69 Å². The standard InChI is InChI=1S/C18H24N4O2/c1-13-14(2)22(12-20-13)16-10-8-15(9-11-16)21-18(24)7-5-4-6-17(23)19-3/h8-12H,4-7H2,1-3H3,(H,19,23)(H,21,24). The Morgan fingerprint density at radius 2 is 1.67 bits per heavy atom. The number of rotatable bonds is 7. The first-order valence-electron chi connectivity index (χ1n) is 8.12. The lowest BCUT2D eigenvalue weighted by atomic mass is 10.1. The lowest BCUT2D eigenvalue weighted by Gasteiger charge is -2.08. The van der Waals surface area contributed by atoms with Crippen molar-refractivity contribution < 1.29 is 9.59 Å². The zero-order valence-corrected chi connectivity index (χ0v) is 14.4. The second kappa shape index (κ2) is 8.29. The van der Waals surface area contributed by atoms with Crippen molar-refractivity contribution >= 4 is 17.5 Å². The van der Waals surface area contributed by atoms with Gasteiger partial charge >= 0.3 is 0 Å². The molecule has 0 unspecified atom stereocenters. The molecule has 0 saturated heterocycles. The zero-order chi connectivity index (χ0) is 17.5. The topological polar surface area (TPSA) is 76.0 Å². The van der Waals surface area contributed by atoms with Crippen molar-refractivity contribution in [3.05, 3.63) is 42.0 Å². The molecule has 6 nitrogen and oxygen atoms in total. The van der Waals surface area contributed by atoms with Crippen molar-refractivity contribution in [2.75, 3.05) is 12.4 Å². The summed E-state index contributed by atoms with van der Waals surface area (Å²) in [7, 11) is 1.62.